The molecule has 0 spiro atoms. The number of carbonyl (C=O) groups is 2. The number of hydrogen-bond acceptors (Lipinski definition) is 9. The van der Waals surface area contributed by atoms with Gasteiger partial charge in [-0.3, -0.25) is 9.59 Å². The molecule has 1 fully saturated rings. The van der Waals surface area contributed by atoms with Crippen LogP contribution < -0.4 is 5.32 Å². The van der Waals surface area contributed by atoms with Gasteiger partial charge in [0.2, 0.25) is 12.3 Å². The van der Waals surface area contributed by atoms with Crippen LogP contribution in [0, 0.1) is 5.92 Å². The van der Waals surface area contributed by atoms with Gasteiger partial charge in [-0.1, -0.05) is 55.5 Å². The Hall–Kier alpha value is -4.85. The topological polar surface area (TPSA) is 156 Å². The molecule has 1 aliphatic heterocycles. The molecule has 50 heavy (non-hydrogen) atoms. The zero-order valence-electron chi connectivity index (χ0n) is 29.7. The van der Waals surface area contributed by atoms with Gasteiger partial charge in [0.1, 0.15) is 11.6 Å². The van der Waals surface area contributed by atoms with Crippen molar-refractivity contribution in [3.05, 3.63) is 72.6 Å². The molecule has 0 aliphatic carbocycles. The highest BCUT2D eigenvalue weighted by Crippen LogP contribution is 2.33. The number of rotatable bonds is 15. The Bertz CT molecular complexity index is 1740. The van der Waals surface area contributed by atoms with Crippen LogP contribution in [0.5, 0.6) is 0 Å². The average Bonchev–Trinajstić information content (AvgIpc) is 3.94. The lowest BCUT2D eigenvalue weighted by atomic mass is 10.0. The minimum Gasteiger partial charge on any atom is -0.381 e. The lowest BCUT2D eigenvalue weighted by Crippen LogP contribution is -2.43. The summed E-state index contributed by atoms with van der Waals surface area (Å²) >= 11 is 0. The minimum atomic E-state index is -0.772. The second-order valence-electron chi connectivity index (χ2n) is 12.6. The van der Waals surface area contributed by atoms with Crippen molar-refractivity contribution in [2.24, 2.45) is 10.9 Å². The Balaban J connectivity index is 1.23. The van der Waals surface area contributed by atoms with E-state index in [0.29, 0.717) is 12.4 Å². The number of aromatic nitrogens is 4. The number of ether oxygens (including phenoxy) is 2. The SMILES string of the molecule is COO/C=N/[C@H](C(=O)N1CCC[C@H]1c1ncc(-c2ccc(-c3ccc(-c4cnc([C@@H](C)NC(=O)[C@@H](C)[C@@H](C)OC)[nH]4)cc3)cc2)[nH]1)C(C)OC. The van der Waals surface area contributed by atoms with E-state index in [1.54, 1.807) is 27.3 Å². The number of benzene rings is 2. The molecule has 3 heterocycles. The first-order chi connectivity index (χ1) is 24.1. The van der Waals surface area contributed by atoms with Crippen molar-refractivity contribution in [1.29, 1.82) is 0 Å². The Morgan fingerprint density at radius 1 is 0.860 bits per heavy atom. The number of nitrogens with one attached hydrogen (secondary N) is 3. The lowest BCUT2D eigenvalue weighted by molar-refractivity contribution is -0.188. The van der Waals surface area contributed by atoms with E-state index in [4.69, 9.17) is 14.4 Å². The standard InChI is InChI=1S/C37H47N7O6/c1-22(24(3)47-5)36(45)41-23(2)34-38-19-30(42-34)28-14-10-26(11-15-28)27-12-16-29(17-13-27)31-20-39-35(43-31)32-9-8-18-44(32)37(46)33(25(4)48-6)40-21-50-49-7/h10-17,19-25,32-33H,8-9,18H2,1-7H3,(H,38,42)(H,39,43)(H,41,45)/b40-21+/t22-,23+,24+,25?,32-,33-/m0/s1. The zero-order valence-corrected chi connectivity index (χ0v) is 29.7. The number of imidazole rings is 2. The van der Waals surface area contributed by atoms with E-state index in [9.17, 15) is 9.59 Å². The van der Waals surface area contributed by atoms with Crippen molar-refractivity contribution in [1.82, 2.24) is 30.2 Å². The second-order valence-corrected chi connectivity index (χ2v) is 12.6. The molecule has 2 aromatic carbocycles. The highest BCUT2D eigenvalue weighted by molar-refractivity contribution is 5.84. The number of nitrogens with zero attached hydrogens (tertiary/aromatic N) is 4. The molecular formula is C37H47N7O6. The highest BCUT2D eigenvalue weighted by Gasteiger charge is 2.37. The van der Waals surface area contributed by atoms with Crippen LogP contribution in [0.15, 0.2) is 65.9 Å². The van der Waals surface area contributed by atoms with E-state index >= 15 is 0 Å². The fourth-order valence-electron chi connectivity index (χ4n) is 6.00. The number of aromatic amines is 2. The van der Waals surface area contributed by atoms with Gasteiger partial charge >= 0.3 is 0 Å². The third-order valence-electron chi connectivity index (χ3n) is 9.46. The van der Waals surface area contributed by atoms with Crippen LogP contribution in [-0.4, -0.2) is 89.2 Å². The maximum absolute atomic E-state index is 13.6. The summed E-state index contributed by atoms with van der Waals surface area (Å²) in [4.78, 5) is 57.5. The first-order valence-corrected chi connectivity index (χ1v) is 16.8. The molecule has 3 N–H and O–H groups in total. The maximum Gasteiger partial charge on any atom is 0.250 e. The second kappa shape index (κ2) is 16.7. The molecule has 6 atom stereocenters. The van der Waals surface area contributed by atoms with Gasteiger partial charge in [-0.15, -0.1) is 0 Å². The molecule has 5 rings (SSSR count). The molecule has 0 radical (unpaired) electrons. The van der Waals surface area contributed by atoms with Crippen LogP contribution >= 0.6 is 0 Å². The Morgan fingerprint density at radius 3 is 2.04 bits per heavy atom. The number of amides is 2. The quantitative estimate of drug-likeness (QED) is 0.0627. The van der Waals surface area contributed by atoms with Crippen molar-refractivity contribution in [3.8, 4) is 33.6 Å². The summed E-state index contributed by atoms with van der Waals surface area (Å²) in [7, 11) is 4.52. The first kappa shape index (κ1) is 36.4. The van der Waals surface area contributed by atoms with Crippen LogP contribution in [0.3, 0.4) is 0 Å². The molecule has 4 aromatic rings. The van der Waals surface area contributed by atoms with E-state index < -0.39 is 12.1 Å². The predicted molar refractivity (Wildman–Crippen MR) is 190 cm³/mol. The van der Waals surface area contributed by atoms with Gasteiger partial charge in [-0.2, -0.15) is 4.89 Å². The van der Waals surface area contributed by atoms with Gasteiger partial charge in [0.05, 0.1) is 61.1 Å². The number of carbonyl (C=O) groups excluding carboxylic acids is 2. The average molecular weight is 686 g/mol. The molecular weight excluding hydrogens is 638 g/mol. The molecule has 2 aromatic heterocycles. The Kier molecular flexibility index (Phi) is 12.2. The van der Waals surface area contributed by atoms with Gasteiger partial charge in [0.15, 0.2) is 6.04 Å². The van der Waals surface area contributed by atoms with Crippen molar-refractivity contribution in [2.75, 3.05) is 27.9 Å². The fourth-order valence-corrected chi connectivity index (χ4v) is 6.00. The molecule has 2 amide bonds. The molecule has 0 saturated carbocycles. The summed E-state index contributed by atoms with van der Waals surface area (Å²) < 4.78 is 10.7. The molecule has 1 aliphatic rings. The molecule has 13 heteroatoms. The molecule has 266 valence electrons. The van der Waals surface area contributed by atoms with Gasteiger partial charge in [-0.05, 0) is 55.9 Å². The molecule has 0 bridgehead atoms. The minimum absolute atomic E-state index is 0.0804. The fraction of sp³-hybridized carbons (Fsp3) is 0.432. The van der Waals surface area contributed by atoms with Gasteiger partial charge in [0.25, 0.3) is 5.91 Å². The van der Waals surface area contributed by atoms with Crippen LogP contribution in [0.4, 0.5) is 0 Å². The summed E-state index contributed by atoms with van der Waals surface area (Å²) in [6.07, 6.45) is 5.75. The van der Waals surface area contributed by atoms with E-state index in [-0.39, 0.29) is 35.9 Å². The highest BCUT2D eigenvalue weighted by atomic mass is 17.2. The summed E-state index contributed by atoms with van der Waals surface area (Å²) in [5.41, 5.74) is 5.87. The molecule has 1 unspecified atom stereocenters. The van der Waals surface area contributed by atoms with E-state index in [2.05, 4.69) is 83.7 Å². The van der Waals surface area contributed by atoms with Gasteiger partial charge in [0, 0.05) is 20.8 Å². The maximum atomic E-state index is 13.6. The summed E-state index contributed by atoms with van der Waals surface area (Å²) in [6.45, 7) is 8.04. The summed E-state index contributed by atoms with van der Waals surface area (Å²) in [5.74, 6) is 0.915. The Morgan fingerprint density at radius 2 is 1.44 bits per heavy atom. The normalized spacial score (nSPS) is 17.7. The van der Waals surface area contributed by atoms with E-state index in [0.717, 1.165) is 58.7 Å². The van der Waals surface area contributed by atoms with Crippen molar-refractivity contribution in [3.63, 3.8) is 0 Å². The number of H-pyrrole nitrogens is 2. The first-order valence-electron chi connectivity index (χ1n) is 16.8. The van der Waals surface area contributed by atoms with Crippen molar-refractivity contribution in [2.45, 2.75) is 70.9 Å². The number of aliphatic imine (C=N–C) groups is 1. The molecule has 1 saturated heterocycles. The predicted octanol–water partition coefficient (Wildman–Crippen LogP) is 5.66. The zero-order chi connectivity index (χ0) is 35.8. The summed E-state index contributed by atoms with van der Waals surface area (Å²) in [6, 6.07) is 15.3. The van der Waals surface area contributed by atoms with Crippen molar-refractivity contribution < 1.29 is 28.8 Å². The van der Waals surface area contributed by atoms with Crippen molar-refractivity contribution >= 4 is 18.2 Å². The van der Waals surface area contributed by atoms with E-state index in [1.807, 2.05) is 31.9 Å². The smallest absolute Gasteiger partial charge is 0.250 e. The number of hydrogen-bond donors (Lipinski definition) is 3. The van der Waals surface area contributed by atoms with E-state index in [1.165, 1.54) is 7.11 Å². The largest absolute Gasteiger partial charge is 0.381 e. The third kappa shape index (κ3) is 8.29. The Labute approximate surface area is 292 Å². The van der Waals surface area contributed by atoms with Crippen LogP contribution in [0.2, 0.25) is 0 Å². The number of likely N-dealkylation sites (tertiary alicyclic amines) is 1. The van der Waals surface area contributed by atoms with Crippen LogP contribution in [0.25, 0.3) is 33.6 Å². The van der Waals surface area contributed by atoms with Gasteiger partial charge in [-0.25, -0.2) is 15.0 Å². The molecule has 13 nitrogen and oxygen atoms in total. The van der Waals surface area contributed by atoms with Crippen LogP contribution in [0.1, 0.15) is 64.3 Å². The summed E-state index contributed by atoms with van der Waals surface area (Å²) in [5, 5.41) is 3.01. The number of methoxy groups -OCH3 is 2. The third-order valence-corrected chi connectivity index (χ3v) is 9.46. The lowest BCUT2D eigenvalue weighted by Gasteiger charge is -2.28. The monoisotopic (exact) mass is 685 g/mol. The van der Waals surface area contributed by atoms with Gasteiger partial charge < -0.3 is 34.5 Å². The van der Waals surface area contributed by atoms with Crippen LogP contribution in [-0.2, 0) is 28.8 Å².